The Morgan fingerprint density at radius 1 is 1.38 bits per heavy atom. The predicted octanol–water partition coefficient (Wildman–Crippen LogP) is 1.23. The van der Waals surface area contributed by atoms with Crippen molar-refractivity contribution in [3.63, 3.8) is 0 Å². The number of hydrogen-bond donors (Lipinski definition) is 1. The molecule has 0 aromatic heterocycles. The molecule has 78 valence electrons. The summed E-state index contributed by atoms with van der Waals surface area (Å²) in [6, 6.07) is 0.122. The van der Waals surface area contributed by atoms with Gasteiger partial charge in [-0.05, 0) is 13.8 Å². The molecule has 1 rings (SSSR count). The fourth-order valence-electron chi connectivity index (χ4n) is 1.55. The van der Waals surface area contributed by atoms with E-state index in [1.165, 1.54) is 4.90 Å². The van der Waals surface area contributed by atoms with Crippen molar-refractivity contribution in [2.45, 2.75) is 32.1 Å². The van der Waals surface area contributed by atoms with E-state index in [1.807, 2.05) is 13.8 Å². The molecular weight excluding hydrogens is 181 g/mol. The Morgan fingerprint density at radius 3 is 2.54 bits per heavy atom. The lowest BCUT2D eigenvalue weighted by Crippen LogP contribution is -2.56. The summed E-state index contributed by atoms with van der Waals surface area (Å²) in [5.74, 6) is 0. The number of nitrogens with zero attached hydrogens (tertiary/aromatic N) is 1. The number of rotatable bonds is 1. The molecule has 5 heteroatoms. The first-order valence-electron chi connectivity index (χ1n) is 4.42. The van der Waals surface area contributed by atoms with E-state index in [9.17, 15) is 13.2 Å². The molecular formula is C8H15F3N2. The topological polar surface area (TPSA) is 15.3 Å². The van der Waals surface area contributed by atoms with Gasteiger partial charge in [-0.15, -0.1) is 0 Å². The fourth-order valence-corrected chi connectivity index (χ4v) is 1.55. The number of hydrogen-bond acceptors (Lipinski definition) is 2. The SMILES string of the molecule is C[C@@H]1CN(CC(F)(F)F)[C@@H](C)CN1. The molecule has 0 bridgehead atoms. The van der Waals surface area contributed by atoms with Crippen LogP contribution in [0.4, 0.5) is 13.2 Å². The molecule has 0 aliphatic carbocycles. The molecule has 0 spiro atoms. The van der Waals surface area contributed by atoms with E-state index < -0.39 is 12.7 Å². The highest BCUT2D eigenvalue weighted by atomic mass is 19.4. The molecule has 1 fully saturated rings. The maximum atomic E-state index is 12.1. The maximum Gasteiger partial charge on any atom is 0.401 e. The van der Waals surface area contributed by atoms with Crippen LogP contribution in [-0.2, 0) is 0 Å². The van der Waals surface area contributed by atoms with Gasteiger partial charge in [-0.25, -0.2) is 0 Å². The van der Waals surface area contributed by atoms with Gasteiger partial charge in [0.25, 0.3) is 0 Å². The van der Waals surface area contributed by atoms with Crippen molar-refractivity contribution in [2.75, 3.05) is 19.6 Å². The molecule has 2 atom stereocenters. The quantitative estimate of drug-likeness (QED) is 0.678. The third-order valence-corrected chi connectivity index (χ3v) is 2.28. The van der Waals surface area contributed by atoms with Gasteiger partial charge in [-0.1, -0.05) is 0 Å². The molecule has 0 aromatic carbocycles. The third kappa shape index (κ3) is 3.52. The highest BCUT2D eigenvalue weighted by Gasteiger charge is 2.34. The molecule has 1 aliphatic heterocycles. The summed E-state index contributed by atoms with van der Waals surface area (Å²) in [5.41, 5.74) is 0. The first-order chi connectivity index (χ1) is 5.88. The monoisotopic (exact) mass is 196 g/mol. The van der Waals surface area contributed by atoms with Crippen LogP contribution in [0.3, 0.4) is 0 Å². The Balaban J connectivity index is 2.47. The van der Waals surface area contributed by atoms with Gasteiger partial charge in [-0.3, -0.25) is 4.90 Å². The zero-order chi connectivity index (χ0) is 10.1. The number of alkyl halides is 3. The highest BCUT2D eigenvalue weighted by molar-refractivity contribution is 4.82. The second kappa shape index (κ2) is 3.84. The molecule has 1 aliphatic rings. The van der Waals surface area contributed by atoms with Crippen LogP contribution in [0.2, 0.25) is 0 Å². The summed E-state index contributed by atoms with van der Waals surface area (Å²) in [7, 11) is 0. The Morgan fingerprint density at radius 2 is 2.00 bits per heavy atom. The van der Waals surface area contributed by atoms with Crippen LogP contribution in [0, 0.1) is 0 Å². The predicted molar refractivity (Wildman–Crippen MR) is 44.6 cm³/mol. The summed E-state index contributed by atoms with van der Waals surface area (Å²) < 4.78 is 36.2. The van der Waals surface area contributed by atoms with Gasteiger partial charge in [0, 0.05) is 25.2 Å². The molecule has 0 radical (unpaired) electrons. The number of piperazine rings is 1. The standard InChI is InChI=1S/C8H15F3N2/c1-6-4-13(5-8(9,10)11)7(2)3-12-6/h6-7,12H,3-5H2,1-2H3/t6-,7+/m1/s1. The van der Waals surface area contributed by atoms with Gasteiger partial charge in [0.2, 0.25) is 0 Å². The summed E-state index contributed by atoms with van der Waals surface area (Å²) in [5, 5.41) is 3.14. The van der Waals surface area contributed by atoms with Gasteiger partial charge in [-0.2, -0.15) is 13.2 Å². The normalized spacial score (nSPS) is 32.1. The third-order valence-electron chi connectivity index (χ3n) is 2.28. The first kappa shape index (κ1) is 10.8. The number of halogens is 3. The molecule has 0 unspecified atom stereocenters. The van der Waals surface area contributed by atoms with Crippen LogP contribution < -0.4 is 5.32 Å². The van der Waals surface area contributed by atoms with Crippen molar-refractivity contribution in [3.05, 3.63) is 0 Å². The van der Waals surface area contributed by atoms with E-state index in [1.54, 1.807) is 0 Å². The van der Waals surface area contributed by atoms with Gasteiger partial charge in [0.15, 0.2) is 0 Å². The smallest absolute Gasteiger partial charge is 0.311 e. The minimum absolute atomic E-state index is 0.0298. The van der Waals surface area contributed by atoms with Crippen LogP contribution in [-0.4, -0.2) is 42.8 Å². The van der Waals surface area contributed by atoms with Crippen LogP contribution >= 0.6 is 0 Å². The molecule has 1 N–H and O–H groups in total. The molecule has 1 heterocycles. The van der Waals surface area contributed by atoms with Gasteiger partial charge in [0.1, 0.15) is 0 Å². The lowest BCUT2D eigenvalue weighted by molar-refractivity contribution is -0.152. The van der Waals surface area contributed by atoms with Crippen molar-refractivity contribution in [1.29, 1.82) is 0 Å². The molecule has 1 saturated heterocycles. The lowest BCUT2D eigenvalue weighted by Gasteiger charge is -2.37. The summed E-state index contributed by atoms with van der Waals surface area (Å²) >= 11 is 0. The molecule has 13 heavy (non-hydrogen) atoms. The van der Waals surface area contributed by atoms with E-state index in [0.717, 1.165) is 0 Å². The van der Waals surface area contributed by atoms with Crippen molar-refractivity contribution < 1.29 is 13.2 Å². The Hall–Kier alpha value is -0.290. The van der Waals surface area contributed by atoms with E-state index in [4.69, 9.17) is 0 Å². The highest BCUT2D eigenvalue weighted by Crippen LogP contribution is 2.19. The van der Waals surface area contributed by atoms with Gasteiger partial charge >= 0.3 is 6.18 Å². The second-order valence-electron chi connectivity index (χ2n) is 3.70. The van der Waals surface area contributed by atoms with Gasteiger partial charge in [0.05, 0.1) is 6.54 Å². The van der Waals surface area contributed by atoms with Crippen LogP contribution in [0.25, 0.3) is 0 Å². The van der Waals surface area contributed by atoms with E-state index in [0.29, 0.717) is 13.1 Å². The van der Waals surface area contributed by atoms with Gasteiger partial charge < -0.3 is 5.32 Å². The summed E-state index contributed by atoms with van der Waals surface area (Å²) in [6.45, 7) is 4.03. The van der Waals surface area contributed by atoms with Crippen molar-refractivity contribution in [2.24, 2.45) is 0 Å². The lowest BCUT2D eigenvalue weighted by atomic mass is 10.1. The molecule has 0 saturated carbocycles. The molecule has 0 aromatic rings. The zero-order valence-electron chi connectivity index (χ0n) is 7.86. The minimum Gasteiger partial charge on any atom is -0.311 e. The largest absolute Gasteiger partial charge is 0.401 e. The van der Waals surface area contributed by atoms with E-state index in [-0.39, 0.29) is 12.1 Å². The second-order valence-corrected chi connectivity index (χ2v) is 3.70. The molecule has 2 nitrogen and oxygen atoms in total. The summed E-state index contributed by atoms with van der Waals surface area (Å²) in [6.07, 6.45) is -4.08. The van der Waals surface area contributed by atoms with Crippen LogP contribution in [0.5, 0.6) is 0 Å². The zero-order valence-corrected chi connectivity index (χ0v) is 7.86. The molecule has 0 amide bonds. The Bertz CT molecular complexity index is 169. The van der Waals surface area contributed by atoms with Crippen LogP contribution in [0.15, 0.2) is 0 Å². The minimum atomic E-state index is -4.08. The maximum absolute atomic E-state index is 12.1. The van der Waals surface area contributed by atoms with Crippen molar-refractivity contribution in [1.82, 2.24) is 10.2 Å². The Labute approximate surface area is 76.1 Å². The first-order valence-corrected chi connectivity index (χ1v) is 4.42. The fraction of sp³-hybridized carbons (Fsp3) is 1.00. The van der Waals surface area contributed by atoms with E-state index >= 15 is 0 Å². The Kier molecular flexibility index (Phi) is 3.18. The van der Waals surface area contributed by atoms with Crippen molar-refractivity contribution >= 4 is 0 Å². The van der Waals surface area contributed by atoms with Crippen LogP contribution in [0.1, 0.15) is 13.8 Å². The summed E-state index contributed by atoms with van der Waals surface area (Å²) in [4.78, 5) is 1.47. The van der Waals surface area contributed by atoms with E-state index in [2.05, 4.69) is 5.32 Å². The average Bonchev–Trinajstić information content (AvgIpc) is 1.94. The average molecular weight is 196 g/mol. The number of nitrogens with one attached hydrogen (secondary N) is 1. The van der Waals surface area contributed by atoms with Crippen molar-refractivity contribution in [3.8, 4) is 0 Å².